The molecule has 1 aliphatic heterocycles. The minimum Gasteiger partial charge on any atom is -0.517 e. The van der Waals surface area contributed by atoms with Gasteiger partial charge in [-0.2, -0.15) is 0 Å². The number of benzene rings is 3. The van der Waals surface area contributed by atoms with Crippen LogP contribution in [0.5, 0.6) is 5.75 Å². The van der Waals surface area contributed by atoms with E-state index >= 15 is 0 Å². The van der Waals surface area contributed by atoms with Crippen LogP contribution in [0.15, 0.2) is 54.6 Å². The molecule has 1 heterocycles. The van der Waals surface area contributed by atoms with Gasteiger partial charge in [-0.25, -0.2) is 6.54 Å². The van der Waals surface area contributed by atoms with E-state index in [1.165, 1.54) is 45.6 Å². The van der Waals surface area contributed by atoms with Crippen molar-refractivity contribution in [3.63, 3.8) is 0 Å². The van der Waals surface area contributed by atoms with Crippen LogP contribution in [0.2, 0.25) is 0 Å². The summed E-state index contributed by atoms with van der Waals surface area (Å²) in [5, 5.41) is 10.7. The number of halogens is 2. The normalized spacial score (nSPS) is 17.8. The number of ether oxygens (including phenoxy) is 1. The second-order valence-electron chi connectivity index (χ2n) is 12.4. The molecule has 1 atom stereocenters. The fraction of sp³-hybridized carbons (Fsp3) is 0.429. The van der Waals surface area contributed by atoms with Crippen molar-refractivity contribution in [2.45, 2.75) is 98.6 Å². The molecule has 1 fully saturated rings. The summed E-state index contributed by atoms with van der Waals surface area (Å²) in [6.07, 6.45) is 3.26. The van der Waals surface area contributed by atoms with Crippen LogP contribution in [0, 0.1) is 30.5 Å². The Balaban J connectivity index is 0.000000259. The Labute approximate surface area is 271 Å². The number of para-hydroxylation sites is 1. The zero-order valence-corrected chi connectivity index (χ0v) is 30.0. The molecule has 4 rings (SSSR count). The Morgan fingerprint density at radius 3 is 2.09 bits per heavy atom. The smallest absolute Gasteiger partial charge is 0.0140 e. The molecule has 0 bridgehead atoms. The van der Waals surface area contributed by atoms with Crippen LogP contribution in [0.4, 0.5) is 11.4 Å². The van der Waals surface area contributed by atoms with Gasteiger partial charge in [0.15, 0.2) is 0 Å². The minimum atomic E-state index is -2.05. The van der Waals surface area contributed by atoms with Gasteiger partial charge in [-0.05, 0) is 58.1 Å². The van der Waals surface area contributed by atoms with Gasteiger partial charge in [-0.1, -0.05) is 73.9 Å². The second kappa shape index (κ2) is 14.7. The van der Waals surface area contributed by atoms with Crippen molar-refractivity contribution < 1.29 is 23.2 Å². The van der Waals surface area contributed by atoms with Gasteiger partial charge in [0, 0.05) is 11.2 Å². The molecule has 0 amide bonds. The number of hydrogen-bond acceptors (Lipinski definition) is 4. The Bertz CT molecular complexity index is 1440. The van der Waals surface area contributed by atoms with Crippen molar-refractivity contribution in [3.8, 4) is 5.75 Å². The molecular formula is C35H45Cl2N2O3Ru-. The third kappa shape index (κ3) is 8.90. The molecule has 1 aliphatic rings. The van der Waals surface area contributed by atoms with Crippen LogP contribution < -0.4 is 9.64 Å². The van der Waals surface area contributed by atoms with E-state index in [1.54, 1.807) is 10.7 Å². The zero-order chi connectivity index (χ0) is 32.1. The number of rotatable bonds is 8. The van der Waals surface area contributed by atoms with Crippen molar-refractivity contribution in [2.75, 3.05) is 4.90 Å². The zero-order valence-electron chi connectivity index (χ0n) is 26.8. The van der Waals surface area contributed by atoms with Gasteiger partial charge in [0.25, 0.3) is 0 Å². The molecule has 3 aromatic carbocycles. The fourth-order valence-corrected chi connectivity index (χ4v) is 7.82. The third-order valence-corrected chi connectivity index (χ3v) is 9.54. The molecule has 0 unspecified atom stereocenters. The molecule has 0 saturated carbocycles. The standard InChI is InChI=1S/C25H34N.C10H11NO3.2ClH.Ru/c1-8-20-11-10-12-21(9-2)23(20)26-17-25(7,16-24(26,5)6)22-14-18(3)13-19(4)15-22;1-7(2)14-10-5-4-9(11(12)13)6-8(10)3;;;/h10-15,17H,8-9,16H2,1-7H3;3-7H,1-2H3;2*1H;/q-1;;;;+2/p-2/t25-;;;;/m1..../s1. The molecule has 43 heavy (non-hydrogen) atoms. The third-order valence-electron chi connectivity index (χ3n) is 7.71. The van der Waals surface area contributed by atoms with Crippen molar-refractivity contribution in [1.29, 1.82) is 0 Å². The van der Waals surface area contributed by atoms with Gasteiger partial charge in [-0.3, -0.25) is 0 Å². The van der Waals surface area contributed by atoms with Crippen LogP contribution in [-0.4, -0.2) is 21.2 Å². The second-order valence-corrected chi connectivity index (χ2v) is 18.1. The molecule has 0 aliphatic carbocycles. The molecule has 3 aromatic rings. The van der Waals surface area contributed by atoms with Crippen molar-refractivity contribution in [3.05, 3.63) is 105 Å². The van der Waals surface area contributed by atoms with E-state index < -0.39 is 18.4 Å². The topological polar surface area (TPSA) is 55.6 Å². The van der Waals surface area contributed by atoms with E-state index in [-0.39, 0.29) is 22.7 Å². The van der Waals surface area contributed by atoms with Crippen LogP contribution in [0.3, 0.4) is 0 Å². The average Bonchev–Trinajstić information content (AvgIpc) is 3.17. The first-order valence-corrected chi connectivity index (χ1v) is 20.2. The Morgan fingerprint density at radius 1 is 1.02 bits per heavy atom. The number of nitrogens with zero attached hydrogens (tertiary/aromatic N) is 2. The van der Waals surface area contributed by atoms with E-state index in [9.17, 15) is 10.1 Å². The summed E-state index contributed by atoms with van der Waals surface area (Å²) < 4.78 is 7.17. The van der Waals surface area contributed by atoms with E-state index in [0.29, 0.717) is 11.3 Å². The summed E-state index contributed by atoms with van der Waals surface area (Å²) in [7, 11) is 11.6. The van der Waals surface area contributed by atoms with Gasteiger partial charge < -0.3 is 4.90 Å². The monoisotopic (exact) mass is 713 g/mol. The molecule has 0 N–H and O–H groups in total. The van der Waals surface area contributed by atoms with E-state index in [4.69, 9.17) is 24.1 Å². The first-order chi connectivity index (χ1) is 20.1. The summed E-state index contributed by atoms with van der Waals surface area (Å²) in [5.74, 6) is 0.561. The molecular weight excluding hydrogens is 668 g/mol. The SMILES string of the molecule is CC(C)Oc1ccc([N+](=O)[O-])cc1[CH]=[Ru]([Cl])[Cl].CCc1cccc(CC)c1N1[CH-][C@](C)(c2cc(C)cc(C)c2)CC1(C)C. The molecule has 8 heteroatoms. The summed E-state index contributed by atoms with van der Waals surface area (Å²) in [5.41, 5.74) is 9.24. The van der Waals surface area contributed by atoms with Gasteiger partial charge in [0.2, 0.25) is 0 Å². The fourth-order valence-electron chi connectivity index (χ4n) is 6.04. The first kappa shape index (κ1) is 35.2. The maximum absolute atomic E-state index is 10.7. The van der Waals surface area contributed by atoms with Gasteiger partial charge >= 0.3 is 112 Å². The maximum Gasteiger partial charge on any atom is 0.0140 e. The predicted octanol–water partition coefficient (Wildman–Crippen LogP) is 9.99. The predicted molar refractivity (Wildman–Crippen MR) is 180 cm³/mol. The maximum atomic E-state index is 10.7. The molecule has 5 nitrogen and oxygen atoms in total. The van der Waals surface area contributed by atoms with Crippen LogP contribution in [0.25, 0.3) is 0 Å². The minimum absolute atomic E-state index is 0.00360. The largest absolute Gasteiger partial charge is 0.517 e. The van der Waals surface area contributed by atoms with Crippen molar-refractivity contribution in [2.24, 2.45) is 0 Å². The number of aryl methyl sites for hydroxylation is 4. The Morgan fingerprint density at radius 2 is 1.60 bits per heavy atom. The summed E-state index contributed by atoms with van der Waals surface area (Å²) >= 11 is -2.05. The van der Waals surface area contributed by atoms with E-state index in [0.717, 1.165) is 19.3 Å². The summed E-state index contributed by atoms with van der Waals surface area (Å²) in [6.45, 7) is 22.4. The van der Waals surface area contributed by atoms with Crippen LogP contribution in [0.1, 0.15) is 88.3 Å². The average molecular weight is 714 g/mol. The summed E-state index contributed by atoms with van der Waals surface area (Å²) in [4.78, 5) is 12.8. The van der Waals surface area contributed by atoms with E-state index in [2.05, 4.69) is 96.3 Å². The number of nitro groups is 1. The molecule has 0 aromatic heterocycles. The van der Waals surface area contributed by atoms with Gasteiger partial charge in [-0.15, -0.1) is 5.41 Å². The number of hydrogen-bond donors (Lipinski definition) is 0. The quantitative estimate of drug-likeness (QED) is 0.101. The number of non-ortho nitro benzene ring substituents is 1. The molecule has 236 valence electrons. The molecule has 1 saturated heterocycles. The summed E-state index contributed by atoms with van der Waals surface area (Å²) in [6, 6.07) is 18.2. The van der Waals surface area contributed by atoms with Crippen LogP contribution in [-0.2, 0) is 31.8 Å². The Kier molecular flexibility index (Phi) is 12.0. The number of nitro benzene ring substituents is 1. The van der Waals surface area contributed by atoms with Crippen LogP contribution >= 0.6 is 19.4 Å². The Hall–Kier alpha value is -2.27. The number of anilines is 1. The first-order valence-electron chi connectivity index (χ1n) is 14.7. The van der Waals surface area contributed by atoms with Gasteiger partial charge in [0.1, 0.15) is 0 Å². The molecule has 0 spiro atoms. The molecule has 0 radical (unpaired) electrons. The van der Waals surface area contributed by atoms with E-state index in [1.807, 2.05) is 13.8 Å². The van der Waals surface area contributed by atoms with Crippen molar-refractivity contribution >= 4 is 35.4 Å². The van der Waals surface area contributed by atoms with Crippen molar-refractivity contribution in [1.82, 2.24) is 0 Å². The van der Waals surface area contributed by atoms with Gasteiger partial charge in [0.05, 0.1) is 0 Å².